The number of hydrogen-bond acceptors (Lipinski definition) is 3. The summed E-state index contributed by atoms with van der Waals surface area (Å²) in [7, 11) is 0. The fourth-order valence-corrected chi connectivity index (χ4v) is 3.54. The second-order valence-corrected chi connectivity index (χ2v) is 6.89. The molecule has 1 unspecified atom stereocenters. The Morgan fingerprint density at radius 2 is 2.00 bits per heavy atom. The van der Waals surface area contributed by atoms with E-state index in [4.69, 9.17) is 11.6 Å². The molecule has 1 fully saturated rings. The molecule has 2 amide bonds. The van der Waals surface area contributed by atoms with Gasteiger partial charge < -0.3 is 0 Å². The molecule has 2 aromatic carbocycles. The molecule has 2 heterocycles. The van der Waals surface area contributed by atoms with Gasteiger partial charge in [-0.2, -0.15) is 5.26 Å². The van der Waals surface area contributed by atoms with Gasteiger partial charge in [0.1, 0.15) is 0 Å². The molecule has 26 heavy (non-hydrogen) atoms. The number of nitriles is 1. The zero-order valence-corrected chi connectivity index (χ0v) is 14.8. The van der Waals surface area contributed by atoms with Gasteiger partial charge in [0.05, 0.1) is 24.5 Å². The van der Waals surface area contributed by atoms with Crippen LogP contribution < -0.4 is 9.80 Å². The van der Waals surface area contributed by atoms with Crippen molar-refractivity contribution < 1.29 is 4.79 Å². The first kappa shape index (κ1) is 16.4. The van der Waals surface area contributed by atoms with E-state index in [0.29, 0.717) is 16.4 Å². The molecule has 5 nitrogen and oxygen atoms in total. The molecule has 1 aliphatic heterocycles. The molecule has 0 saturated carbocycles. The van der Waals surface area contributed by atoms with E-state index in [9.17, 15) is 10.1 Å². The van der Waals surface area contributed by atoms with Gasteiger partial charge in [0.2, 0.25) is 0 Å². The highest BCUT2D eigenvalue weighted by molar-refractivity contribution is 6.31. The van der Waals surface area contributed by atoms with Gasteiger partial charge in [-0.3, -0.25) is 14.8 Å². The van der Waals surface area contributed by atoms with E-state index < -0.39 is 5.54 Å². The number of pyridine rings is 1. The number of benzene rings is 2. The highest BCUT2D eigenvalue weighted by Gasteiger charge is 2.49. The van der Waals surface area contributed by atoms with Crippen molar-refractivity contribution in [3.05, 3.63) is 65.9 Å². The highest BCUT2D eigenvalue weighted by Crippen LogP contribution is 2.38. The van der Waals surface area contributed by atoms with Crippen LogP contribution in [0.15, 0.2) is 60.9 Å². The Labute approximate surface area is 156 Å². The molecule has 0 radical (unpaired) electrons. The monoisotopic (exact) mass is 362 g/mol. The summed E-state index contributed by atoms with van der Waals surface area (Å²) < 4.78 is 0. The SMILES string of the molecule is CC1(C#N)CN(c2cccc(Cl)c2)C(=O)N1c1cncc2ccccc12. The Bertz CT molecular complexity index is 1060. The van der Waals surface area contributed by atoms with Crippen molar-refractivity contribution in [1.29, 1.82) is 5.26 Å². The topological polar surface area (TPSA) is 60.2 Å². The molecule has 1 atom stereocenters. The first-order valence-corrected chi connectivity index (χ1v) is 8.52. The van der Waals surface area contributed by atoms with Gasteiger partial charge in [0.25, 0.3) is 0 Å². The van der Waals surface area contributed by atoms with Crippen LogP contribution in [-0.2, 0) is 0 Å². The lowest BCUT2D eigenvalue weighted by molar-refractivity contribution is 0.255. The molecule has 0 N–H and O–H groups in total. The summed E-state index contributed by atoms with van der Waals surface area (Å²) in [4.78, 5) is 20.6. The number of halogens is 1. The summed E-state index contributed by atoms with van der Waals surface area (Å²) >= 11 is 6.08. The molecule has 128 valence electrons. The molecule has 6 heteroatoms. The van der Waals surface area contributed by atoms with Crippen molar-refractivity contribution in [2.45, 2.75) is 12.5 Å². The summed E-state index contributed by atoms with van der Waals surface area (Å²) in [5.74, 6) is 0. The van der Waals surface area contributed by atoms with Gasteiger partial charge in [-0.25, -0.2) is 4.79 Å². The maximum Gasteiger partial charge on any atom is 0.330 e. The first-order chi connectivity index (χ1) is 12.5. The Morgan fingerprint density at radius 1 is 1.19 bits per heavy atom. The van der Waals surface area contributed by atoms with Gasteiger partial charge >= 0.3 is 6.03 Å². The van der Waals surface area contributed by atoms with Gasteiger partial charge in [-0.05, 0) is 25.1 Å². The standard InChI is InChI=1S/C20H15ClN4O/c1-20(12-22)13-24(16-7-4-6-15(21)9-16)19(26)25(20)18-11-23-10-14-5-2-3-8-17(14)18/h2-11H,13H2,1H3. The first-order valence-electron chi connectivity index (χ1n) is 8.15. The third-order valence-corrected chi connectivity index (χ3v) is 4.87. The molecule has 1 aromatic heterocycles. The maximum absolute atomic E-state index is 13.3. The van der Waals surface area contributed by atoms with Crippen LogP contribution in [0.2, 0.25) is 5.02 Å². The number of anilines is 2. The number of carbonyl (C=O) groups excluding carboxylic acids is 1. The largest absolute Gasteiger partial charge is 0.330 e. The number of carbonyl (C=O) groups is 1. The van der Waals surface area contributed by atoms with Crippen LogP contribution in [0, 0.1) is 11.3 Å². The molecule has 1 saturated heterocycles. The van der Waals surface area contributed by atoms with Crippen molar-refractivity contribution in [1.82, 2.24) is 4.98 Å². The van der Waals surface area contributed by atoms with Crippen molar-refractivity contribution in [3.63, 3.8) is 0 Å². The van der Waals surface area contributed by atoms with Crippen molar-refractivity contribution in [2.24, 2.45) is 0 Å². The Morgan fingerprint density at radius 3 is 2.77 bits per heavy atom. The lowest BCUT2D eigenvalue weighted by atomic mass is 10.0. The predicted molar refractivity (Wildman–Crippen MR) is 102 cm³/mol. The number of nitrogens with zero attached hydrogens (tertiary/aromatic N) is 4. The van der Waals surface area contributed by atoms with E-state index in [1.807, 2.05) is 30.3 Å². The lowest BCUT2D eigenvalue weighted by Gasteiger charge is -2.27. The second-order valence-electron chi connectivity index (χ2n) is 6.45. The Hall–Kier alpha value is -3.10. The molecule has 0 spiro atoms. The van der Waals surface area contributed by atoms with Gasteiger partial charge in [0.15, 0.2) is 5.54 Å². The Kier molecular flexibility index (Phi) is 3.78. The highest BCUT2D eigenvalue weighted by atomic mass is 35.5. The average molecular weight is 363 g/mol. The van der Waals surface area contributed by atoms with E-state index in [1.165, 1.54) is 4.90 Å². The summed E-state index contributed by atoms with van der Waals surface area (Å²) in [6.07, 6.45) is 3.38. The number of urea groups is 1. The van der Waals surface area contributed by atoms with Crippen molar-refractivity contribution in [2.75, 3.05) is 16.3 Å². The van der Waals surface area contributed by atoms with E-state index in [1.54, 1.807) is 42.4 Å². The number of aromatic nitrogens is 1. The lowest BCUT2D eigenvalue weighted by Crippen LogP contribution is -2.43. The van der Waals surface area contributed by atoms with Crippen LogP contribution in [0.5, 0.6) is 0 Å². The number of amides is 2. The minimum atomic E-state index is -1.02. The number of rotatable bonds is 2. The maximum atomic E-state index is 13.3. The molecule has 0 bridgehead atoms. The summed E-state index contributed by atoms with van der Waals surface area (Å²) in [5.41, 5.74) is 0.270. The zero-order valence-electron chi connectivity index (χ0n) is 14.1. The van der Waals surface area contributed by atoms with Crippen molar-refractivity contribution >= 4 is 39.8 Å². The fraction of sp³-hybridized carbons (Fsp3) is 0.150. The third-order valence-electron chi connectivity index (χ3n) is 4.63. The van der Waals surface area contributed by atoms with Crippen LogP contribution >= 0.6 is 11.6 Å². The van der Waals surface area contributed by atoms with Crippen LogP contribution in [0.25, 0.3) is 10.8 Å². The molecule has 1 aliphatic rings. The zero-order chi connectivity index (χ0) is 18.3. The average Bonchev–Trinajstić information content (AvgIpc) is 2.93. The molecular weight excluding hydrogens is 348 g/mol. The van der Waals surface area contributed by atoms with Gasteiger partial charge in [0, 0.05) is 27.7 Å². The van der Waals surface area contributed by atoms with Gasteiger partial charge in [-0.15, -0.1) is 0 Å². The van der Waals surface area contributed by atoms with E-state index in [2.05, 4.69) is 11.1 Å². The minimum absolute atomic E-state index is 0.242. The summed E-state index contributed by atoms with van der Waals surface area (Å²) in [6, 6.07) is 16.8. The molecule has 3 aromatic rings. The Balaban J connectivity index is 1.87. The third kappa shape index (κ3) is 2.47. The molecule has 0 aliphatic carbocycles. The van der Waals surface area contributed by atoms with Crippen LogP contribution in [0.3, 0.4) is 0 Å². The number of fused-ring (bicyclic) bond motifs is 1. The minimum Gasteiger partial charge on any atom is -0.290 e. The summed E-state index contributed by atoms with van der Waals surface area (Å²) in [5, 5.41) is 12.2. The second kappa shape index (κ2) is 6.01. The molecular formula is C20H15ClN4O. The number of hydrogen-bond donors (Lipinski definition) is 0. The van der Waals surface area contributed by atoms with E-state index in [-0.39, 0.29) is 12.6 Å². The quantitative estimate of drug-likeness (QED) is 0.668. The van der Waals surface area contributed by atoms with Crippen LogP contribution in [-0.4, -0.2) is 23.1 Å². The smallest absolute Gasteiger partial charge is 0.290 e. The summed E-state index contributed by atoms with van der Waals surface area (Å²) in [6.45, 7) is 2.00. The predicted octanol–water partition coefficient (Wildman–Crippen LogP) is 4.62. The van der Waals surface area contributed by atoms with Crippen molar-refractivity contribution in [3.8, 4) is 6.07 Å². The van der Waals surface area contributed by atoms with E-state index in [0.717, 1.165) is 10.8 Å². The molecule has 4 rings (SSSR count). The fourth-order valence-electron chi connectivity index (χ4n) is 3.36. The van der Waals surface area contributed by atoms with Gasteiger partial charge in [-0.1, -0.05) is 41.9 Å². The normalized spacial score (nSPS) is 19.8. The van der Waals surface area contributed by atoms with E-state index >= 15 is 0 Å². The van der Waals surface area contributed by atoms with Crippen LogP contribution in [0.1, 0.15) is 6.92 Å². The van der Waals surface area contributed by atoms with Crippen LogP contribution in [0.4, 0.5) is 16.2 Å².